The zero-order valence-electron chi connectivity index (χ0n) is 21.0. The van der Waals surface area contributed by atoms with E-state index in [-0.39, 0.29) is 0 Å². The van der Waals surface area contributed by atoms with Crippen LogP contribution < -0.4 is 5.73 Å². The number of unbranched alkanes of at least 4 members (excludes halogenated alkanes) is 3. The van der Waals surface area contributed by atoms with Crippen LogP contribution in [0.5, 0.6) is 0 Å². The molecule has 2 N–H and O–H groups in total. The van der Waals surface area contributed by atoms with Crippen LogP contribution in [0.3, 0.4) is 0 Å². The number of hydrogen-bond donors (Lipinski definition) is 1. The summed E-state index contributed by atoms with van der Waals surface area (Å²) in [4.78, 5) is 0. The monoisotopic (exact) mass is 509 g/mol. The summed E-state index contributed by atoms with van der Waals surface area (Å²) in [6.07, 6.45) is 5.44. The molecule has 0 aliphatic heterocycles. The molecule has 0 saturated carbocycles. The molecule has 0 aromatic rings. The summed E-state index contributed by atoms with van der Waals surface area (Å²) in [7, 11) is 8.51. The summed E-state index contributed by atoms with van der Waals surface area (Å²) in [5, 5.41) is 0. The van der Waals surface area contributed by atoms with Crippen molar-refractivity contribution in [2.75, 3.05) is 82.5 Å². The first-order valence-electron chi connectivity index (χ1n) is 10.5. The van der Waals surface area contributed by atoms with E-state index in [0.29, 0.717) is 19.0 Å². The van der Waals surface area contributed by atoms with E-state index in [1.165, 1.54) is 12.8 Å². The number of hydrogen-bond acceptors (Lipinski definition) is 9. The van der Waals surface area contributed by atoms with Crippen LogP contribution in [0.4, 0.5) is 0 Å². The van der Waals surface area contributed by atoms with Gasteiger partial charge < -0.3 is 41.8 Å². The molecule has 0 unspecified atom stereocenters. The fraction of sp³-hybridized carbons (Fsp3) is 1.00. The van der Waals surface area contributed by atoms with Crippen molar-refractivity contribution in [3.8, 4) is 0 Å². The second kappa shape index (κ2) is 26.6. The Morgan fingerprint density at radius 3 is 1.23 bits per heavy atom. The Balaban J connectivity index is -0.000000428. The smallest absolute Gasteiger partial charge is 0.385 e. The van der Waals surface area contributed by atoms with Crippen LogP contribution in [-0.2, 0) is 36.0 Å². The fourth-order valence-electron chi connectivity index (χ4n) is 2.46. The SMILES string of the molecule is COCCCCCC[Si](OC)(OC)OC.COCCN.CO[Si](CCCCl)(OC)OC. The van der Waals surface area contributed by atoms with Crippen LogP contribution in [0.1, 0.15) is 32.1 Å². The predicted molar refractivity (Wildman–Crippen MR) is 130 cm³/mol. The Hall–Kier alpha value is 0.364. The minimum atomic E-state index is -2.32. The maximum absolute atomic E-state index is 5.53. The normalized spacial score (nSPS) is 11.4. The van der Waals surface area contributed by atoms with Crippen LogP contribution >= 0.6 is 11.6 Å². The van der Waals surface area contributed by atoms with E-state index in [0.717, 1.165) is 38.0 Å². The number of nitrogens with two attached hydrogens (primary N) is 1. The standard InChI is InChI=1S/C10H24O4Si.C6H15ClO3Si.C3H9NO/c1-11-9-7-5-6-8-10-15(12-2,13-3)14-4;1-8-11(9-2,10-3)6-4-5-7;1-5-3-2-4/h5-10H2,1-4H3;4-6H2,1-3H3;2-4H2,1H3. The summed E-state index contributed by atoms with van der Waals surface area (Å²) in [6, 6.07) is 1.67. The maximum Gasteiger partial charge on any atom is 0.500 e. The Kier molecular flexibility index (Phi) is 30.9. The van der Waals surface area contributed by atoms with E-state index in [1.54, 1.807) is 56.9 Å². The number of alkyl halides is 1. The van der Waals surface area contributed by atoms with Gasteiger partial charge in [0.2, 0.25) is 0 Å². The molecule has 0 aliphatic rings. The van der Waals surface area contributed by atoms with Crippen molar-refractivity contribution in [3.63, 3.8) is 0 Å². The van der Waals surface area contributed by atoms with Gasteiger partial charge in [0.05, 0.1) is 6.61 Å². The fourth-order valence-corrected chi connectivity index (χ4v) is 6.33. The quantitative estimate of drug-likeness (QED) is 0.169. The van der Waals surface area contributed by atoms with Crippen LogP contribution in [-0.4, -0.2) is 100 Å². The molecule has 192 valence electrons. The number of rotatable bonds is 18. The lowest BCUT2D eigenvalue weighted by molar-refractivity contribution is 0.122. The van der Waals surface area contributed by atoms with E-state index in [1.807, 2.05) is 0 Å². The van der Waals surface area contributed by atoms with Gasteiger partial charge in [-0.1, -0.05) is 12.8 Å². The molecule has 0 amide bonds. The lowest BCUT2D eigenvalue weighted by Gasteiger charge is -2.24. The van der Waals surface area contributed by atoms with E-state index in [2.05, 4.69) is 4.74 Å². The van der Waals surface area contributed by atoms with E-state index >= 15 is 0 Å². The van der Waals surface area contributed by atoms with Crippen molar-refractivity contribution < 1.29 is 36.0 Å². The first kappa shape index (κ1) is 35.9. The molecule has 0 rings (SSSR count). The Morgan fingerprint density at radius 2 is 0.935 bits per heavy atom. The molecule has 31 heavy (non-hydrogen) atoms. The topological polar surface area (TPSA) is 99.9 Å². The van der Waals surface area contributed by atoms with Crippen molar-refractivity contribution >= 4 is 29.2 Å². The number of ether oxygens (including phenoxy) is 2. The van der Waals surface area contributed by atoms with Gasteiger partial charge in [-0.05, 0) is 19.3 Å². The molecule has 0 radical (unpaired) electrons. The predicted octanol–water partition coefficient (Wildman–Crippen LogP) is 3.16. The first-order chi connectivity index (χ1) is 14.9. The van der Waals surface area contributed by atoms with Gasteiger partial charge in [-0.2, -0.15) is 0 Å². The second-order valence-electron chi connectivity index (χ2n) is 6.32. The van der Waals surface area contributed by atoms with Gasteiger partial charge in [-0.15, -0.1) is 11.6 Å². The summed E-state index contributed by atoms with van der Waals surface area (Å²) in [5.41, 5.74) is 5.01. The van der Waals surface area contributed by atoms with Crippen LogP contribution in [0.25, 0.3) is 0 Å². The number of methoxy groups -OCH3 is 2. The third kappa shape index (κ3) is 20.7. The summed E-state index contributed by atoms with van der Waals surface area (Å²) in [5.74, 6) is 0.616. The summed E-state index contributed by atoms with van der Waals surface area (Å²) < 4.78 is 41.1. The van der Waals surface area contributed by atoms with Crippen molar-refractivity contribution in [2.45, 2.75) is 44.2 Å². The molecule has 0 aromatic heterocycles. The van der Waals surface area contributed by atoms with E-state index in [4.69, 9.17) is 48.6 Å². The molecule has 0 saturated heterocycles. The highest BCUT2D eigenvalue weighted by Gasteiger charge is 2.37. The van der Waals surface area contributed by atoms with Gasteiger partial charge >= 0.3 is 17.6 Å². The molecule has 0 aliphatic carbocycles. The largest absolute Gasteiger partial charge is 0.500 e. The maximum atomic E-state index is 5.53. The van der Waals surface area contributed by atoms with Gasteiger partial charge in [0.25, 0.3) is 0 Å². The van der Waals surface area contributed by atoms with Crippen molar-refractivity contribution in [1.29, 1.82) is 0 Å². The number of halogens is 1. The molecule has 0 fully saturated rings. The molecule has 0 bridgehead atoms. The van der Waals surface area contributed by atoms with E-state index < -0.39 is 17.6 Å². The minimum Gasteiger partial charge on any atom is -0.385 e. The van der Waals surface area contributed by atoms with Gasteiger partial charge in [0, 0.05) is 88.0 Å². The summed E-state index contributed by atoms with van der Waals surface area (Å²) >= 11 is 5.53. The third-order valence-corrected chi connectivity index (χ3v) is 10.3. The van der Waals surface area contributed by atoms with Gasteiger partial charge in [-0.3, -0.25) is 0 Å². The molecular formula is C19H48ClNO8Si2. The first-order valence-corrected chi connectivity index (χ1v) is 14.8. The Morgan fingerprint density at radius 1 is 0.548 bits per heavy atom. The average Bonchev–Trinajstić information content (AvgIpc) is 2.82. The highest BCUT2D eigenvalue weighted by Crippen LogP contribution is 2.17. The van der Waals surface area contributed by atoms with Gasteiger partial charge in [0.1, 0.15) is 0 Å². The average molecular weight is 510 g/mol. The lowest BCUT2D eigenvalue weighted by Crippen LogP contribution is -2.42. The van der Waals surface area contributed by atoms with Crippen LogP contribution in [0.2, 0.25) is 12.1 Å². The van der Waals surface area contributed by atoms with Gasteiger partial charge in [0.15, 0.2) is 0 Å². The van der Waals surface area contributed by atoms with Crippen molar-refractivity contribution in [2.24, 2.45) is 5.73 Å². The van der Waals surface area contributed by atoms with E-state index in [9.17, 15) is 0 Å². The lowest BCUT2D eigenvalue weighted by atomic mass is 10.2. The molecule has 0 spiro atoms. The highest BCUT2D eigenvalue weighted by atomic mass is 35.5. The van der Waals surface area contributed by atoms with Crippen LogP contribution in [0.15, 0.2) is 0 Å². The second-order valence-corrected chi connectivity index (χ2v) is 12.9. The molecule has 0 aromatic carbocycles. The molecule has 9 nitrogen and oxygen atoms in total. The zero-order valence-corrected chi connectivity index (χ0v) is 23.8. The Bertz CT molecular complexity index is 324. The molecule has 0 heterocycles. The molecule has 0 atom stereocenters. The minimum absolute atomic E-state index is 0.616. The zero-order chi connectivity index (χ0) is 24.4. The molecule has 12 heteroatoms. The van der Waals surface area contributed by atoms with Gasteiger partial charge in [-0.25, -0.2) is 0 Å². The Labute approximate surface area is 197 Å². The van der Waals surface area contributed by atoms with Crippen LogP contribution in [0, 0.1) is 0 Å². The molecular weight excluding hydrogens is 462 g/mol. The van der Waals surface area contributed by atoms with Crippen molar-refractivity contribution in [1.82, 2.24) is 0 Å². The highest BCUT2D eigenvalue weighted by molar-refractivity contribution is 6.60. The third-order valence-electron chi connectivity index (χ3n) is 4.39. The van der Waals surface area contributed by atoms with Crippen molar-refractivity contribution in [3.05, 3.63) is 0 Å². The summed E-state index contributed by atoms with van der Waals surface area (Å²) in [6.45, 7) is 2.14.